The molecule has 0 aromatic heterocycles. The number of ether oxygens (including phenoxy) is 1. The Hall–Kier alpha value is -3.58. The number of rotatable bonds is 7. The summed E-state index contributed by atoms with van der Waals surface area (Å²) in [5, 5.41) is 6.96. The van der Waals surface area contributed by atoms with Gasteiger partial charge in [0.15, 0.2) is 0 Å². The number of hydrogen-bond acceptors (Lipinski definition) is 4. The second-order valence-electron chi connectivity index (χ2n) is 10.7. The van der Waals surface area contributed by atoms with Crippen LogP contribution in [0.15, 0.2) is 60.7 Å². The standard InChI is InChI=1S/C32H35ClFN3O3/c1-20-7-5-11-27(34)29(20)32(39)37-18-6-10-25(31(38)36-24-16-17-28(40-2)26(33)19-24)30(37)21-12-14-23(15-13-21)35-22-8-3-4-9-22/h5,7,11-17,19,22,25,30,35H,3-4,6,8-10,18H2,1-2H3,(H,36,38)/t25-,30-/m0/s1. The maximum atomic E-state index is 14.9. The number of amides is 2. The molecule has 0 unspecified atom stereocenters. The number of benzene rings is 3. The molecule has 2 amide bonds. The minimum absolute atomic E-state index is 0.0509. The summed E-state index contributed by atoms with van der Waals surface area (Å²) in [4.78, 5) is 29.3. The number of hydrogen-bond donors (Lipinski definition) is 2. The molecule has 2 N–H and O–H groups in total. The zero-order valence-electron chi connectivity index (χ0n) is 22.9. The Morgan fingerprint density at radius 3 is 2.38 bits per heavy atom. The number of carbonyl (C=O) groups is 2. The van der Waals surface area contributed by atoms with Crippen molar-refractivity contribution < 1.29 is 18.7 Å². The summed E-state index contributed by atoms with van der Waals surface area (Å²) in [5.41, 5.74) is 3.02. The fourth-order valence-electron chi connectivity index (χ4n) is 6.02. The highest BCUT2D eigenvalue weighted by molar-refractivity contribution is 6.32. The van der Waals surface area contributed by atoms with E-state index in [4.69, 9.17) is 16.3 Å². The highest BCUT2D eigenvalue weighted by atomic mass is 35.5. The smallest absolute Gasteiger partial charge is 0.257 e. The largest absolute Gasteiger partial charge is 0.495 e. The van der Waals surface area contributed by atoms with Crippen LogP contribution in [0.5, 0.6) is 5.75 Å². The molecule has 1 aliphatic heterocycles. The maximum Gasteiger partial charge on any atom is 0.257 e. The van der Waals surface area contributed by atoms with Crippen molar-refractivity contribution in [2.45, 2.75) is 57.5 Å². The van der Waals surface area contributed by atoms with E-state index in [0.29, 0.717) is 47.5 Å². The van der Waals surface area contributed by atoms with Crippen molar-refractivity contribution in [3.05, 3.63) is 88.2 Å². The molecule has 0 bridgehead atoms. The molecule has 1 saturated carbocycles. The molecule has 1 saturated heterocycles. The molecule has 2 atom stereocenters. The molecule has 6 nitrogen and oxygen atoms in total. The molecule has 0 radical (unpaired) electrons. The first kappa shape index (κ1) is 28.0. The molecule has 2 fully saturated rings. The Morgan fingerprint density at radius 2 is 1.70 bits per heavy atom. The van der Waals surface area contributed by atoms with Gasteiger partial charge < -0.3 is 20.3 Å². The van der Waals surface area contributed by atoms with Gasteiger partial charge in [0, 0.05) is 24.0 Å². The summed E-state index contributed by atoms with van der Waals surface area (Å²) in [6.07, 6.45) is 6.00. The minimum atomic E-state index is -0.561. The normalized spacial score (nSPS) is 19.4. The van der Waals surface area contributed by atoms with Crippen LogP contribution in [-0.4, -0.2) is 36.4 Å². The lowest BCUT2D eigenvalue weighted by Crippen LogP contribution is -2.46. The Bertz CT molecular complexity index is 1350. The molecule has 3 aromatic rings. The van der Waals surface area contributed by atoms with Gasteiger partial charge in [-0.25, -0.2) is 4.39 Å². The molecule has 1 heterocycles. The highest BCUT2D eigenvalue weighted by Crippen LogP contribution is 2.39. The van der Waals surface area contributed by atoms with E-state index in [-0.39, 0.29) is 11.5 Å². The van der Waals surface area contributed by atoms with Gasteiger partial charge in [0.2, 0.25) is 5.91 Å². The maximum absolute atomic E-state index is 14.9. The lowest BCUT2D eigenvalue weighted by molar-refractivity contribution is -0.123. The summed E-state index contributed by atoms with van der Waals surface area (Å²) >= 11 is 6.29. The number of nitrogens with one attached hydrogen (secondary N) is 2. The predicted molar refractivity (Wildman–Crippen MR) is 157 cm³/mol. The van der Waals surface area contributed by atoms with Gasteiger partial charge in [0.25, 0.3) is 5.91 Å². The van der Waals surface area contributed by atoms with E-state index < -0.39 is 23.7 Å². The molecule has 1 aliphatic carbocycles. The number of piperidine rings is 1. The predicted octanol–water partition coefficient (Wildman–Crippen LogP) is 7.38. The van der Waals surface area contributed by atoms with E-state index in [0.717, 1.165) is 24.1 Å². The second kappa shape index (κ2) is 12.3. The molecular weight excluding hydrogens is 529 g/mol. The van der Waals surface area contributed by atoms with Crippen LogP contribution in [0.1, 0.15) is 66.1 Å². The lowest BCUT2D eigenvalue weighted by atomic mass is 9.83. The number of likely N-dealkylation sites (tertiary alicyclic amines) is 1. The Labute approximate surface area is 239 Å². The van der Waals surface area contributed by atoms with E-state index in [2.05, 4.69) is 10.6 Å². The van der Waals surface area contributed by atoms with Gasteiger partial charge in [-0.1, -0.05) is 48.7 Å². The third kappa shape index (κ3) is 5.94. The topological polar surface area (TPSA) is 70.7 Å². The summed E-state index contributed by atoms with van der Waals surface area (Å²) in [5.74, 6) is -1.21. The van der Waals surface area contributed by atoms with Gasteiger partial charge in [0.05, 0.1) is 29.7 Å². The van der Waals surface area contributed by atoms with Gasteiger partial charge in [0.1, 0.15) is 11.6 Å². The van der Waals surface area contributed by atoms with Crippen molar-refractivity contribution in [1.29, 1.82) is 0 Å². The first-order chi connectivity index (χ1) is 19.4. The van der Waals surface area contributed by atoms with Crippen molar-refractivity contribution in [3.63, 3.8) is 0 Å². The third-order valence-corrected chi connectivity index (χ3v) is 8.36. The Balaban J connectivity index is 1.47. The minimum Gasteiger partial charge on any atom is -0.495 e. The molecule has 0 spiro atoms. The third-order valence-electron chi connectivity index (χ3n) is 8.06. The highest BCUT2D eigenvalue weighted by Gasteiger charge is 2.40. The van der Waals surface area contributed by atoms with Crippen LogP contribution >= 0.6 is 11.6 Å². The van der Waals surface area contributed by atoms with Crippen LogP contribution in [0.4, 0.5) is 15.8 Å². The molecule has 40 heavy (non-hydrogen) atoms. The van der Waals surface area contributed by atoms with Crippen molar-refractivity contribution in [2.24, 2.45) is 5.92 Å². The Morgan fingerprint density at radius 1 is 0.975 bits per heavy atom. The molecule has 5 rings (SSSR count). The van der Waals surface area contributed by atoms with Crippen LogP contribution in [0, 0.1) is 18.7 Å². The molecular formula is C32H35ClFN3O3. The Kier molecular flexibility index (Phi) is 8.60. The summed E-state index contributed by atoms with van der Waals surface area (Å²) in [7, 11) is 1.53. The molecule has 8 heteroatoms. The van der Waals surface area contributed by atoms with E-state index in [9.17, 15) is 14.0 Å². The fraction of sp³-hybridized carbons (Fsp3) is 0.375. The van der Waals surface area contributed by atoms with Gasteiger partial charge in [-0.15, -0.1) is 0 Å². The number of halogens is 2. The van der Waals surface area contributed by atoms with Crippen molar-refractivity contribution in [3.8, 4) is 5.75 Å². The number of nitrogens with zero attached hydrogens (tertiary/aromatic N) is 1. The lowest BCUT2D eigenvalue weighted by Gasteiger charge is -2.41. The SMILES string of the molecule is COc1ccc(NC(=O)[C@H]2CCCN(C(=O)c3c(C)cccc3F)[C@H]2c2ccc(NC3CCCC3)cc2)cc1Cl. The zero-order chi connectivity index (χ0) is 28.2. The van der Waals surface area contributed by atoms with E-state index >= 15 is 0 Å². The van der Waals surface area contributed by atoms with E-state index in [1.807, 2.05) is 24.3 Å². The average molecular weight is 564 g/mol. The number of anilines is 2. The van der Waals surface area contributed by atoms with Crippen LogP contribution in [0.25, 0.3) is 0 Å². The van der Waals surface area contributed by atoms with Crippen molar-refractivity contribution in [2.75, 3.05) is 24.3 Å². The zero-order valence-corrected chi connectivity index (χ0v) is 23.6. The molecule has 2 aliphatic rings. The summed E-state index contributed by atoms with van der Waals surface area (Å²) in [6, 6.07) is 17.6. The summed E-state index contributed by atoms with van der Waals surface area (Å²) < 4.78 is 20.1. The second-order valence-corrected chi connectivity index (χ2v) is 11.1. The van der Waals surface area contributed by atoms with Crippen LogP contribution in [-0.2, 0) is 4.79 Å². The summed E-state index contributed by atoms with van der Waals surface area (Å²) in [6.45, 7) is 2.16. The fourth-order valence-corrected chi connectivity index (χ4v) is 6.28. The van der Waals surface area contributed by atoms with E-state index in [1.165, 1.54) is 26.0 Å². The number of carbonyl (C=O) groups excluding carboxylic acids is 2. The first-order valence-electron chi connectivity index (χ1n) is 13.9. The van der Waals surface area contributed by atoms with Gasteiger partial charge in [-0.3, -0.25) is 9.59 Å². The number of aryl methyl sites for hydroxylation is 1. The van der Waals surface area contributed by atoms with Gasteiger partial charge >= 0.3 is 0 Å². The molecule has 210 valence electrons. The van der Waals surface area contributed by atoms with Crippen molar-refractivity contribution in [1.82, 2.24) is 4.90 Å². The number of methoxy groups -OCH3 is 1. The van der Waals surface area contributed by atoms with Crippen LogP contribution in [0.2, 0.25) is 5.02 Å². The first-order valence-corrected chi connectivity index (χ1v) is 14.3. The monoisotopic (exact) mass is 563 g/mol. The van der Waals surface area contributed by atoms with Crippen molar-refractivity contribution >= 4 is 34.8 Å². The van der Waals surface area contributed by atoms with Crippen LogP contribution in [0.3, 0.4) is 0 Å². The molecule has 3 aromatic carbocycles. The van der Waals surface area contributed by atoms with Crippen LogP contribution < -0.4 is 15.4 Å². The average Bonchev–Trinajstić information content (AvgIpc) is 3.46. The van der Waals surface area contributed by atoms with Gasteiger partial charge in [-0.2, -0.15) is 0 Å². The van der Waals surface area contributed by atoms with E-state index in [1.54, 1.807) is 42.2 Å². The quantitative estimate of drug-likeness (QED) is 0.314. The van der Waals surface area contributed by atoms with Gasteiger partial charge in [-0.05, 0) is 80.1 Å².